The molecule has 1 aromatic heterocycles. The summed E-state index contributed by atoms with van der Waals surface area (Å²) in [6, 6.07) is 1.60. The Hall–Kier alpha value is -1.49. The quantitative estimate of drug-likeness (QED) is 0.632. The molecule has 0 bridgehead atoms. The summed E-state index contributed by atoms with van der Waals surface area (Å²) in [4.78, 5) is 14.3. The van der Waals surface area contributed by atoms with Gasteiger partial charge in [-0.3, -0.25) is 4.79 Å². The molecule has 0 fully saturated rings. The van der Waals surface area contributed by atoms with E-state index in [1.807, 2.05) is 0 Å². The van der Waals surface area contributed by atoms with Gasteiger partial charge < -0.3 is 20.8 Å². The van der Waals surface area contributed by atoms with E-state index in [0.29, 0.717) is 37.1 Å². The first-order valence-electron chi connectivity index (χ1n) is 5.39. The third-order valence-electron chi connectivity index (χ3n) is 1.93. The molecule has 0 radical (unpaired) electrons. The largest absolute Gasteiger partial charge is 0.397 e. The van der Waals surface area contributed by atoms with Gasteiger partial charge in [-0.2, -0.15) is 0 Å². The number of carbonyl (C=O) groups is 1. The molecule has 0 saturated heterocycles. The third kappa shape index (κ3) is 4.35. The van der Waals surface area contributed by atoms with Gasteiger partial charge in [-0.25, -0.2) is 0 Å². The molecule has 1 aromatic rings. The second-order valence-corrected chi connectivity index (χ2v) is 4.07. The highest BCUT2D eigenvalue weighted by molar-refractivity contribution is 5.93. The minimum atomic E-state index is -0.162. The van der Waals surface area contributed by atoms with Crippen molar-refractivity contribution in [3.63, 3.8) is 0 Å². The van der Waals surface area contributed by atoms with Crippen LogP contribution in [0, 0.1) is 5.92 Å². The second kappa shape index (κ2) is 6.17. The fourth-order valence-corrected chi connectivity index (χ4v) is 1.19. The molecule has 16 heavy (non-hydrogen) atoms. The van der Waals surface area contributed by atoms with E-state index in [2.05, 4.69) is 24.1 Å². The first-order valence-corrected chi connectivity index (χ1v) is 5.39. The van der Waals surface area contributed by atoms with Gasteiger partial charge in [-0.1, -0.05) is 13.8 Å². The lowest BCUT2D eigenvalue weighted by molar-refractivity contribution is 0.0882. The standard InChI is InChI=1S/C11H19N3O2/c1-8(2)7-16-4-3-13-11(15)10-5-9(12)6-14-10/h5-6,8,14H,3-4,7,12H2,1-2H3,(H,13,15). The number of rotatable bonds is 6. The van der Waals surface area contributed by atoms with E-state index in [4.69, 9.17) is 10.5 Å². The molecule has 1 rings (SSSR count). The minimum absolute atomic E-state index is 0.162. The molecule has 0 unspecified atom stereocenters. The number of ether oxygens (including phenoxy) is 1. The zero-order valence-electron chi connectivity index (χ0n) is 9.75. The second-order valence-electron chi connectivity index (χ2n) is 4.07. The zero-order chi connectivity index (χ0) is 12.0. The Labute approximate surface area is 95.4 Å². The van der Waals surface area contributed by atoms with Crippen molar-refractivity contribution in [2.45, 2.75) is 13.8 Å². The van der Waals surface area contributed by atoms with Gasteiger partial charge in [0.1, 0.15) is 5.69 Å². The van der Waals surface area contributed by atoms with Crippen molar-refractivity contribution >= 4 is 11.6 Å². The van der Waals surface area contributed by atoms with Crippen LogP contribution in [-0.4, -0.2) is 30.6 Å². The smallest absolute Gasteiger partial charge is 0.267 e. The maximum absolute atomic E-state index is 11.5. The Morgan fingerprint density at radius 1 is 1.62 bits per heavy atom. The van der Waals surface area contributed by atoms with Gasteiger partial charge in [-0.05, 0) is 12.0 Å². The number of hydrogen-bond acceptors (Lipinski definition) is 3. The molecule has 0 aliphatic carbocycles. The van der Waals surface area contributed by atoms with E-state index in [9.17, 15) is 4.79 Å². The number of amides is 1. The fourth-order valence-electron chi connectivity index (χ4n) is 1.19. The van der Waals surface area contributed by atoms with Crippen molar-refractivity contribution < 1.29 is 9.53 Å². The van der Waals surface area contributed by atoms with E-state index in [0.717, 1.165) is 0 Å². The van der Waals surface area contributed by atoms with E-state index >= 15 is 0 Å². The Balaban J connectivity index is 2.16. The number of hydrogen-bond donors (Lipinski definition) is 3. The van der Waals surface area contributed by atoms with Crippen LogP contribution in [-0.2, 0) is 4.74 Å². The molecule has 0 saturated carbocycles. The van der Waals surface area contributed by atoms with E-state index in [1.165, 1.54) is 0 Å². The average molecular weight is 225 g/mol. The van der Waals surface area contributed by atoms with Crippen LogP contribution in [0.5, 0.6) is 0 Å². The van der Waals surface area contributed by atoms with Gasteiger partial charge in [0, 0.05) is 25.0 Å². The van der Waals surface area contributed by atoms with Crippen LogP contribution in [0.3, 0.4) is 0 Å². The SMILES string of the molecule is CC(C)COCCNC(=O)c1cc(N)c[nH]1. The summed E-state index contributed by atoms with van der Waals surface area (Å²) in [6.45, 7) is 5.91. The van der Waals surface area contributed by atoms with Crippen LogP contribution in [0.15, 0.2) is 12.3 Å². The van der Waals surface area contributed by atoms with Crippen LogP contribution >= 0.6 is 0 Å². The molecule has 0 aliphatic rings. The number of aromatic nitrogens is 1. The summed E-state index contributed by atoms with van der Waals surface area (Å²) in [6.07, 6.45) is 1.59. The summed E-state index contributed by atoms with van der Waals surface area (Å²) in [5.74, 6) is 0.351. The molecule has 0 atom stereocenters. The molecular weight excluding hydrogens is 206 g/mol. The van der Waals surface area contributed by atoms with Crippen LogP contribution in [0.1, 0.15) is 24.3 Å². The highest BCUT2D eigenvalue weighted by Crippen LogP contribution is 2.03. The maximum Gasteiger partial charge on any atom is 0.267 e. The van der Waals surface area contributed by atoms with Crippen molar-refractivity contribution in [1.29, 1.82) is 0 Å². The lowest BCUT2D eigenvalue weighted by atomic mass is 10.2. The van der Waals surface area contributed by atoms with Gasteiger partial charge in [-0.15, -0.1) is 0 Å². The summed E-state index contributed by atoms with van der Waals surface area (Å²) in [5, 5.41) is 2.74. The highest BCUT2D eigenvalue weighted by atomic mass is 16.5. The monoisotopic (exact) mass is 225 g/mol. The van der Waals surface area contributed by atoms with Gasteiger partial charge in [0.2, 0.25) is 0 Å². The Kier molecular flexibility index (Phi) is 4.85. The van der Waals surface area contributed by atoms with E-state index < -0.39 is 0 Å². The molecule has 5 nitrogen and oxygen atoms in total. The number of carbonyl (C=O) groups excluding carboxylic acids is 1. The Morgan fingerprint density at radius 3 is 2.94 bits per heavy atom. The molecule has 0 spiro atoms. The average Bonchev–Trinajstić information content (AvgIpc) is 2.63. The molecule has 1 heterocycles. The van der Waals surface area contributed by atoms with Crippen LogP contribution < -0.4 is 11.1 Å². The van der Waals surface area contributed by atoms with Crippen LogP contribution in [0.4, 0.5) is 5.69 Å². The van der Waals surface area contributed by atoms with Crippen molar-refractivity contribution in [3.8, 4) is 0 Å². The molecular formula is C11H19N3O2. The van der Waals surface area contributed by atoms with Gasteiger partial charge in [0.05, 0.1) is 6.61 Å². The fraction of sp³-hybridized carbons (Fsp3) is 0.545. The topological polar surface area (TPSA) is 80.1 Å². The number of nitrogens with one attached hydrogen (secondary N) is 2. The number of aromatic amines is 1. The summed E-state index contributed by atoms with van der Waals surface area (Å²) in [5.41, 5.74) is 6.52. The van der Waals surface area contributed by atoms with Crippen molar-refractivity contribution in [3.05, 3.63) is 18.0 Å². The molecule has 90 valence electrons. The molecule has 4 N–H and O–H groups in total. The van der Waals surface area contributed by atoms with E-state index in [-0.39, 0.29) is 5.91 Å². The Bertz CT molecular complexity index is 334. The summed E-state index contributed by atoms with van der Waals surface area (Å²) < 4.78 is 5.34. The molecule has 5 heteroatoms. The predicted molar refractivity (Wildman–Crippen MR) is 63.2 cm³/mol. The number of H-pyrrole nitrogens is 1. The van der Waals surface area contributed by atoms with Crippen LogP contribution in [0.25, 0.3) is 0 Å². The van der Waals surface area contributed by atoms with Crippen LogP contribution in [0.2, 0.25) is 0 Å². The Morgan fingerprint density at radius 2 is 2.38 bits per heavy atom. The predicted octanol–water partition coefficient (Wildman–Crippen LogP) is 0.999. The summed E-state index contributed by atoms with van der Waals surface area (Å²) >= 11 is 0. The first kappa shape index (κ1) is 12.6. The minimum Gasteiger partial charge on any atom is -0.397 e. The van der Waals surface area contributed by atoms with Gasteiger partial charge in [0.15, 0.2) is 0 Å². The lowest BCUT2D eigenvalue weighted by Gasteiger charge is -2.07. The van der Waals surface area contributed by atoms with Crippen molar-refractivity contribution in [2.75, 3.05) is 25.5 Å². The molecule has 0 aromatic carbocycles. The lowest BCUT2D eigenvalue weighted by Crippen LogP contribution is -2.27. The number of nitrogens with two attached hydrogens (primary N) is 1. The van der Waals surface area contributed by atoms with Crippen molar-refractivity contribution in [2.24, 2.45) is 5.92 Å². The van der Waals surface area contributed by atoms with Crippen molar-refractivity contribution in [1.82, 2.24) is 10.3 Å². The third-order valence-corrected chi connectivity index (χ3v) is 1.93. The molecule has 1 amide bonds. The maximum atomic E-state index is 11.5. The normalized spacial score (nSPS) is 10.7. The number of anilines is 1. The van der Waals surface area contributed by atoms with E-state index in [1.54, 1.807) is 12.3 Å². The zero-order valence-corrected chi connectivity index (χ0v) is 9.75. The first-order chi connectivity index (χ1) is 7.59. The van der Waals surface area contributed by atoms with Gasteiger partial charge in [0.25, 0.3) is 5.91 Å². The summed E-state index contributed by atoms with van der Waals surface area (Å²) in [7, 11) is 0. The molecule has 0 aliphatic heterocycles. The highest BCUT2D eigenvalue weighted by Gasteiger charge is 2.06. The van der Waals surface area contributed by atoms with Gasteiger partial charge >= 0.3 is 0 Å². The number of nitrogen functional groups attached to an aromatic ring is 1.